The topological polar surface area (TPSA) is 53.9 Å². The first-order valence-electron chi connectivity index (χ1n) is 8.40. The quantitative estimate of drug-likeness (QED) is 0.576. The summed E-state index contributed by atoms with van der Waals surface area (Å²) >= 11 is 0. The average molecular weight is 354 g/mol. The standard InChI is InChI=1S/C18H31N3O2S/c1-6-19-17(20-12-15-24(22)18(2,3)4)21(5)13-14-23-16-10-8-7-9-11-16/h7-11H,6,12-15H2,1-5H3,(H,19,20). The zero-order valence-electron chi connectivity index (χ0n) is 15.5. The van der Waals surface area contributed by atoms with Gasteiger partial charge in [-0.05, 0) is 39.8 Å². The minimum absolute atomic E-state index is 0.191. The van der Waals surface area contributed by atoms with Crippen molar-refractivity contribution in [3.05, 3.63) is 30.3 Å². The molecule has 1 rings (SSSR count). The molecule has 0 aromatic heterocycles. The fraction of sp³-hybridized carbons (Fsp3) is 0.611. The summed E-state index contributed by atoms with van der Waals surface area (Å²) in [5.41, 5.74) is 0. The van der Waals surface area contributed by atoms with Gasteiger partial charge in [-0.1, -0.05) is 18.2 Å². The van der Waals surface area contributed by atoms with E-state index in [9.17, 15) is 4.21 Å². The predicted octanol–water partition coefficient (Wildman–Crippen LogP) is 2.51. The zero-order chi connectivity index (χ0) is 18.0. The van der Waals surface area contributed by atoms with E-state index in [2.05, 4.69) is 10.3 Å². The van der Waals surface area contributed by atoms with Crippen molar-refractivity contribution in [3.63, 3.8) is 0 Å². The van der Waals surface area contributed by atoms with Gasteiger partial charge in [0.15, 0.2) is 5.96 Å². The Balaban J connectivity index is 2.47. The van der Waals surface area contributed by atoms with Gasteiger partial charge < -0.3 is 15.0 Å². The van der Waals surface area contributed by atoms with Crippen molar-refractivity contribution in [3.8, 4) is 5.75 Å². The number of rotatable bonds is 8. The van der Waals surface area contributed by atoms with E-state index >= 15 is 0 Å². The maximum atomic E-state index is 12.1. The lowest BCUT2D eigenvalue weighted by atomic mass is 10.3. The van der Waals surface area contributed by atoms with Gasteiger partial charge in [-0.15, -0.1) is 0 Å². The van der Waals surface area contributed by atoms with Gasteiger partial charge in [0.2, 0.25) is 0 Å². The van der Waals surface area contributed by atoms with E-state index < -0.39 is 10.8 Å². The molecule has 0 heterocycles. The van der Waals surface area contributed by atoms with Crippen LogP contribution in [0.5, 0.6) is 5.75 Å². The first-order valence-corrected chi connectivity index (χ1v) is 9.72. The largest absolute Gasteiger partial charge is 0.492 e. The minimum Gasteiger partial charge on any atom is -0.492 e. The van der Waals surface area contributed by atoms with Crippen LogP contribution in [0.2, 0.25) is 0 Å². The van der Waals surface area contributed by atoms with E-state index in [4.69, 9.17) is 4.74 Å². The second-order valence-electron chi connectivity index (χ2n) is 6.48. The highest BCUT2D eigenvalue weighted by molar-refractivity contribution is 7.86. The number of para-hydroxylation sites is 1. The molecule has 1 unspecified atom stereocenters. The normalized spacial score (nSPS) is 13.5. The molecule has 0 aliphatic rings. The fourth-order valence-corrected chi connectivity index (χ4v) is 2.80. The Morgan fingerprint density at radius 1 is 1.29 bits per heavy atom. The Morgan fingerprint density at radius 3 is 2.54 bits per heavy atom. The predicted molar refractivity (Wildman–Crippen MR) is 103 cm³/mol. The highest BCUT2D eigenvalue weighted by Crippen LogP contribution is 2.11. The molecule has 5 nitrogen and oxygen atoms in total. The van der Waals surface area contributed by atoms with Crippen LogP contribution < -0.4 is 10.1 Å². The molecule has 0 radical (unpaired) electrons. The van der Waals surface area contributed by atoms with Gasteiger partial charge in [0.05, 0.1) is 13.1 Å². The molecule has 0 amide bonds. The SMILES string of the molecule is CCNC(=NCCS(=O)C(C)(C)C)N(C)CCOc1ccccc1. The van der Waals surface area contributed by atoms with Crippen molar-refractivity contribution < 1.29 is 8.95 Å². The lowest BCUT2D eigenvalue weighted by molar-refractivity contribution is 0.281. The average Bonchev–Trinajstić information content (AvgIpc) is 2.54. The highest BCUT2D eigenvalue weighted by atomic mass is 32.2. The second kappa shape index (κ2) is 10.3. The number of guanidine groups is 1. The summed E-state index contributed by atoms with van der Waals surface area (Å²) in [5.74, 6) is 2.26. The van der Waals surface area contributed by atoms with Gasteiger partial charge in [-0.25, -0.2) is 0 Å². The molecule has 0 fully saturated rings. The van der Waals surface area contributed by atoms with Crippen molar-refractivity contribution in [1.82, 2.24) is 10.2 Å². The third kappa shape index (κ3) is 7.81. The zero-order valence-corrected chi connectivity index (χ0v) is 16.4. The van der Waals surface area contributed by atoms with Crippen LogP contribution in [-0.2, 0) is 10.8 Å². The van der Waals surface area contributed by atoms with Crippen molar-refractivity contribution in [2.45, 2.75) is 32.4 Å². The van der Waals surface area contributed by atoms with Gasteiger partial charge in [0.1, 0.15) is 12.4 Å². The monoisotopic (exact) mass is 353 g/mol. The maximum absolute atomic E-state index is 12.1. The van der Waals surface area contributed by atoms with E-state index in [1.165, 1.54) is 0 Å². The van der Waals surface area contributed by atoms with Crippen molar-refractivity contribution in [1.29, 1.82) is 0 Å². The lowest BCUT2D eigenvalue weighted by Crippen LogP contribution is -2.41. The number of nitrogens with zero attached hydrogens (tertiary/aromatic N) is 2. The summed E-state index contributed by atoms with van der Waals surface area (Å²) in [5, 5.41) is 3.26. The summed E-state index contributed by atoms with van der Waals surface area (Å²) in [4.78, 5) is 6.61. The van der Waals surface area contributed by atoms with Crippen LogP contribution in [0, 0.1) is 0 Å². The van der Waals surface area contributed by atoms with Gasteiger partial charge in [0, 0.05) is 34.9 Å². The molecule has 0 aliphatic carbocycles. The molecule has 136 valence electrons. The minimum atomic E-state index is -0.879. The van der Waals surface area contributed by atoms with E-state index in [0.717, 1.165) is 24.8 Å². The first-order chi connectivity index (χ1) is 11.3. The number of nitrogens with one attached hydrogen (secondary N) is 1. The lowest BCUT2D eigenvalue weighted by Gasteiger charge is -2.22. The highest BCUT2D eigenvalue weighted by Gasteiger charge is 2.18. The Labute approximate surface area is 149 Å². The van der Waals surface area contributed by atoms with Gasteiger partial charge in [-0.3, -0.25) is 9.20 Å². The summed E-state index contributed by atoms with van der Waals surface area (Å²) in [6.45, 7) is 10.7. The number of hydrogen-bond acceptors (Lipinski definition) is 3. The van der Waals surface area contributed by atoms with E-state index in [1.807, 2.05) is 70.0 Å². The summed E-state index contributed by atoms with van der Waals surface area (Å²) in [6, 6.07) is 9.78. The third-order valence-corrected chi connectivity index (χ3v) is 5.28. The molecule has 24 heavy (non-hydrogen) atoms. The van der Waals surface area contributed by atoms with E-state index in [-0.39, 0.29) is 4.75 Å². The first kappa shape index (κ1) is 20.5. The molecular formula is C18H31N3O2S. The summed E-state index contributed by atoms with van der Waals surface area (Å²) in [7, 11) is 1.10. The molecule has 0 aliphatic heterocycles. The molecular weight excluding hydrogens is 322 g/mol. The van der Waals surface area contributed by atoms with Crippen molar-refractivity contribution in [2.75, 3.05) is 39.0 Å². The number of ether oxygens (including phenoxy) is 1. The number of hydrogen-bond donors (Lipinski definition) is 1. The van der Waals surface area contributed by atoms with E-state index in [1.54, 1.807) is 0 Å². The Kier molecular flexibility index (Phi) is 8.82. The smallest absolute Gasteiger partial charge is 0.193 e. The molecule has 1 atom stereocenters. The van der Waals surface area contributed by atoms with Crippen LogP contribution in [0.25, 0.3) is 0 Å². The molecule has 1 N–H and O–H groups in total. The fourth-order valence-electron chi connectivity index (χ4n) is 1.93. The number of aliphatic imine (C=N–C) groups is 1. The van der Waals surface area contributed by atoms with Gasteiger partial charge in [-0.2, -0.15) is 0 Å². The van der Waals surface area contributed by atoms with Crippen molar-refractivity contribution >= 4 is 16.8 Å². The molecule has 0 saturated carbocycles. The maximum Gasteiger partial charge on any atom is 0.193 e. The van der Waals surface area contributed by atoms with E-state index in [0.29, 0.717) is 18.9 Å². The second-order valence-corrected chi connectivity index (χ2v) is 8.80. The van der Waals surface area contributed by atoms with Crippen LogP contribution in [0.4, 0.5) is 0 Å². The van der Waals surface area contributed by atoms with Crippen LogP contribution >= 0.6 is 0 Å². The van der Waals surface area contributed by atoms with Crippen LogP contribution in [0.15, 0.2) is 35.3 Å². The summed E-state index contributed by atoms with van der Waals surface area (Å²) in [6.07, 6.45) is 0. The number of benzene rings is 1. The summed E-state index contributed by atoms with van der Waals surface area (Å²) < 4.78 is 17.6. The van der Waals surface area contributed by atoms with Crippen LogP contribution in [-0.4, -0.2) is 58.9 Å². The Morgan fingerprint density at radius 2 is 1.96 bits per heavy atom. The Bertz CT molecular complexity index is 527. The molecule has 6 heteroatoms. The van der Waals surface area contributed by atoms with Crippen LogP contribution in [0.3, 0.4) is 0 Å². The third-order valence-electron chi connectivity index (χ3n) is 3.36. The van der Waals surface area contributed by atoms with Gasteiger partial charge >= 0.3 is 0 Å². The Hall–Kier alpha value is -1.56. The molecule has 0 spiro atoms. The molecule has 1 aromatic carbocycles. The van der Waals surface area contributed by atoms with Crippen molar-refractivity contribution in [2.24, 2.45) is 4.99 Å². The molecule has 0 saturated heterocycles. The molecule has 1 aromatic rings. The number of likely N-dealkylation sites (N-methyl/N-ethyl adjacent to an activating group) is 1. The molecule has 0 bridgehead atoms. The van der Waals surface area contributed by atoms with Gasteiger partial charge in [0.25, 0.3) is 0 Å². The van der Waals surface area contributed by atoms with Crippen LogP contribution in [0.1, 0.15) is 27.7 Å².